The van der Waals surface area contributed by atoms with Gasteiger partial charge in [0.05, 0.1) is 0 Å². The number of hydrogen-bond acceptors (Lipinski definition) is 2. The van der Waals surface area contributed by atoms with Gasteiger partial charge < -0.3 is 5.11 Å². The van der Waals surface area contributed by atoms with Crippen molar-refractivity contribution in [3.05, 3.63) is 23.3 Å². The molecule has 82 valence electrons. The Morgan fingerprint density at radius 1 is 1.29 bits per heavy atom. The van der Waals surface area contributed by atoms with E-state index in [2.05, 4.69) is 38.2 Å². The molecule has 0 aromatic rings. The number of hydrogen-bond donors (Lipinski definition) is 2. The summed E-state index contributed by atoms with van der Waals surface area (Å²) in [6.45, 7) is 8.84. The lowest BCUT2D eigenvalue weighted by Crippen LogP contribution is -2.25. The third-order valence-corrected chi connectivity index (χ3v) is 1.96. The molecule has 0 aliphatic carbocycles. The van der Waals surface area contributed by atoms with Crippen molar-refractivity contribution in [1.29, 1.82) is 0 Å². The van der Waals surface area contributed by atoms with Crippen LogP contribution < -0.4 is 5.32 Å². The van der Waals surface area contributed by atoms with Crippen molar-refractivity contribution in [2.75, 3.05) is 6.54 Å². The monoisotopic (exact) mass is 197 g/mol. The topological polar surface area (TPSA) is 32.3 Å². The summed E-state index contributed by atoms with van der Waals surface area (Å²) in [6.07, 6.45) is 6.17. The van der Waals surface area contributed by atoms with Gasteiger partial charge in [-0.05, 0) is 40.5 Å². The zero-order valence-corrected chi connectivity index (χ0v) is 9.80. The highest BCUT2D eigenvalue weighted by Crippen LogP contribution is 2.05. The van der Waals surface area contributed by atoms with Gasteiger partial charge in [0, 0.05) is 6.54 Å². The molecular weight excluding hydrogens is 174 g/mol. The van der Waals surface area contributed by atoms with E-state index in [0.29, 0.717) is 0 Å². The molecule has 0 saturated heterocycles. The Bertz CT molecular complexity index is 200. The number of rotatable bonds is 6. The van der Waals surface area contributed by atoms with Crippen LogP contribution in [0.15, 0.2) is 23.3 Å². The summed E-state index contributed by atoms with van der Waals surface area (Å²) in [6, 6.07) is 0. The second kappa shape index (κ2) is 7.77. The van der Waals surface area contributed by atoms with Crippen LogP contribution in [0, 0.1) is 0 Å². The minimum absolute atomic E-state index is 0.420. The standard InChI is InChI=1S/C12H23NO/c1-10(2)6-5-7-11(3)8-9-13-12(4)14/h6,8,12-14H,5,7,9H2,1-4H3/b11-8+. The van der Waals surface area contributed by atoms with E-state index in [4.69, 9.17) is 5.11 Å². The first kappa shape index (κ1) is 13.4. The average Bonchev–Trinajstić information content (AvgIpc) is 2.02. The van der Waals surface area contributed by atoms with Gasteiger partial charge in [-0.3, -0.25) is 5.32 Å². The Hall–Kier alpha value is -0.600. The van der Waals surface area contributed by atoms with Crippen molar-refractivity contribution >= 4 is 0 Å². The molecule has 0 aromatic carbocycles. The fourth-order valence-electron chi connectivity index (χ4n) is 1.09. The van der Waals surface area contributed by atoms with Crippen LogP contribution >= 0.6 is 0 Å². The fourth-order valence-corrected chi connectivity index (χ4v) is 1.09. The van der Waals surface area contributed by atoms with E-state index in [1.165, 1.54) is 11.1 Å². The minimum atomic E-state index is -0.420. The van der Waals surface area contributed by atoms with Crippen molar-refractivity contribution in [3.8, 4) is 0 Å². The van der Waals surface area contributed by atoms with Gasteiger partial charge in [0.15, 0.2) is 0 Å². The molecule has 2 heteroatoms. The third-order valence-electron chi connectivity index (χ3n) is 1.96. The molecule has 0 aliphatic rings. The maximum absolute atomic E-state index is 8.96. The van der Waals surface area contributed by atoms with Crippen LogP contribution in [0.4, 0.5) is 0 Å². The lowest BCUT2D eigenvalue weighted by molar-refractivity contribution is 0.161. The van der Waals surface area contributed by atoms with E-state index >= 15 is 0 Å². The molecular formula is C12H23NO. The van der Waals surface area contributed by atoms with E-state index in [0.717, 1.165) is 19.4 Å². The highest BCUT2D eigenvalue weighted by Gasteiger charge is 1.91. The van der Waals surface area contributed by atoms with Crippen molar-refractivity contribution in [2.24, 2.45) is 0 Å². The Balaban J connectivity index is 3.62. The quantitative estimate of drug-likeness (QED) is 0.507. The molecule has 0 amide bonds. The predicted octanol–water partition coefficient (Wildman–Crippen LogP) is 2.61. The van der Waals surface area contributed by atoms with E-state index in [9.17, 15) is 0 Å². The number of allylic oxidation sites excluding steroid dienone is 3. The predicted molar refractivity (Wildman–Crippen MR) is 62.1 cm³/mol. The summed E-state index contributed by atoms with van der Waals surface area (Å²) in [4.78, 5) is 0. The Labute approximate surface area is 87.7 Å². The van der Waals surface area contributed by atoms with Crippen LogP contribution in [0.5, 0.6) is 0 Å². The molecule has 0 bridgehead atoms. The van der Waals surface area contributed by atoms with Crippen LogP contribution in [0.25, 0.3) is 0 Å². The summed E-state index contributed by atoms with van der Waals surface area (Å²) in [5, 5.41) is 11.9. The molecule has 0 heterocycles. The summed E-state index contributed by atoms with van der Waals surface area (Å²) < 4.78 is 0. The number of aliphatic hydroxyl groups is 1. The summed E-state index contributed by atoms with van der Waals surface area (Å²) >= 11 is 0. The molecule has 2 nitrogen and oxygen atoms in total. The molecule has 14 heavy (non-hydrogen) atoms. The second-order valence-electron chi connectivity index (χ2n) is 3.95. The number of aliphatic hydroxyl groups excluding tert-OH is 1. The number of nitrogens with one attached hydrogen (secondary N) is 1. The minimum Gasteiger partial charge on any atom is -0.379 e. The van der Waals surface area contributed by atoms with Gasteiger partial charge in [-0.15, -0.1) is 0 Å². The lowest BCUT2D eigenvalue weighted by atomic mass is 10.1. The zero-order valence-electron chi connectivity index (χ0n) is 9.80. The SMILES string of the molecule is CC(C)=CCC/C(C)=C/CNC(C)O. The molecule has 0 aromatic heterocycles. The largest absolute Gasteiger partial charge is 0.379 e. The van der Waals surface area contributed by atoms with Crippen molar-refractivity contribution in [2.45, 2.75) is 46.8 Å². The zero-order chi connectivity index (χ0) is 11.0. The smallest absolute Gasteiger partial charge is 0.102 e. The first-order valence-electron chi connectivity index (χ1n) is 5.23. The molecule has 2 N–H and O–H groups in total. The van der Waals surface area contributed by atoms with Gasteiger partial charge in [-0.25, -0.2) is 0 Å². The maximum atomic E-state index is 8.96. The van der Waals surface area contributed by atoms with Crippen LogP contribution in [-0.4, -0.2) is 17.9 Å². The fraction of sp³-hybridized carbons (Fsp3) is 0.667. The van der Waals surface area contributed by atoms with E-state index in [-0.39, 0.29) is 0 Å². The summed E-state index contributed by atoms with van der Waals surface area (Å²) in [5.41, 5.74) is 2.75. The van der Waals surface area contributed by atoms with E-state index in [1.807, 2.05) is 0 Å². The van der Waals surface area contributed by atoms with Crippen molar-refractivity contribution in [3.63, 3.8) is 0 Å². The van der Waals surface area contributed by atoms with Crippen LogP contribution in [0.1, 0.15) is 40.5 Å². The van der Waals surface area contributed by atoms with Crippen LogP contribution in [0.3, 0.4) is 0 Å². The lowest BCUT2D eigenvalue weighted by Gasteiger charge is -2.04. The van der Waals surface area contributed by atoms with Crippen molar-refractivity contribution < 1.29 is 5.11 Å². The Morgan fingerprint density at radius 2 is 1.93 bits per heavy atom. The first-order chi connectivity index (χ1) is 6.52. The van der Waals surface area contributed by atoms with E-state index in [1.54, 1.807) is 6.92 Å². The molecule has 0 saturated carbocycles. The molecule has 0 fully saturated rings. The second-order valence-corrected chi connectivity index (χ2v) is 3.95. The average molecular weight is 197 g/mol. The van der Waals surface area contributed by atoms with Gasteiger partial charge in [0.25, 0.3) is 0 Å². The van der Waals surface area contributed by atoms with Crippen molar-refractivity contribution in [1.82, 2.24) is 5.32 Å². The van der Waals surface area contributed by atoms with Gasteiger partial charge in [-0.2, -0.15) is 0 Å². The Morgan fingerprint density at radius 3 is 2.43 bits per heavy atom. The van der Waals surface area contributed by atoms with Crippen LogP contribution in [-0.2, 0) is 0 Å². The van der Waals surface area contributed by atoms with Gasteiger partial charge in [0.2, 0.25) is 0 Å². The Kier molecular flexibility index (Phi) is 7.44. The molecule has 0 spiro atoms. The van der Waals surface area contributed by atoms with Gasteiger partial charge in [0.1, 0.15) is 6.23 Å². The van der Waals surface area contributed by atoms with Gasteiger partial charge in [-0.1, -0.05) is 23.3 Å². The summed E-state index contributed by atoms with van der Waals surface area (Å²) in [7, 11) is 0. The van der Waals surface area contributed by atoms with Crippen LogP contribution in [0.2, 0.25) is 0 Å². The maximum Gasteiger partial charge on any atom is 0.102 e. The molecule has 0 aliphatic heterocycles. The normalized spacial score (nSPS) is 13.9. The molecule has 0 radical (unpaired) electrons. The molecule has 1 atom stereocenters. The van der Waals surface area contributed by atoms with Gasteiger partial charge >= 0.3 is 0 Å². The summed E-state index contributed by atoms with van der Waals surface area (Å²) in [5.74, 6) is 0. The third kappa shape index (κ3) is 9.49. The first-order valence-corrected chi connectivity index (χ1v) is 5.23. The highest BCUT2D eigenvalue weighted by atomic mass is 16.3. The van der Waals surface area contributed by atoms with E-state index < -0.39 is 6.23 Å². The molecule has 0 rings (SSSR count). The molecule has 1 unspecified atom stereocenters. The highest BCUT2D eigenvalue weighted by molar-refractivity contribution is 5.02.